The molecule has 1 saturated carbocycles. The van der Waals surface area contributed by atoms with Crippen molar-refractivity contribution in [3.8, 4) is 11.5 Å². The number of benzene rings is 1. The molecule has 4 heterocycles. The number of aromatic nitrogens is 1. The van der Waals surface area contributed by atoms with Gasteiger partial charge in [0.1, 0.15) is 22.6 Å². The molecule has 2 aliphatic carbocycles. The topological polar surface area (TPSA) is 106 Å². The van der Waals surface area contributed by atoms with Crippen LogP contribution in [0.5, 0.6) is 11.5 Å². The van der Waals surface area contributed by atoms with Gasteiger partial charge in [-0.1, -0.05) is 19.1 Å². The first kappa shape index (κ1) is 19.4. The lowest BCUT2D eigenvalue weighted by atomic mass is 9.76. The van der Waals surface area contributed by atoms with Crippen molar-refractivity contribution < 1.29 is 23.8 Å². The molecule has 0 radical (unpaired) electrons. The molecular formula is C23H20FN3O5S. The number of carbonyl (C=O) groups is 1. The number of nitrogens with zero attached hydrogens (tertiary/aromatic N) is 2. The van der Waals surface area contributed by atoms with Crippen LogP contribution in [0.4, 0.5) is 14.9 Å². The van der Waals surface area contributed by atoms with Gasteiger partial charge >= 0.3 is 6.16 Å². The van der Waals surface area contributed by atoms with Crippen molar-refractivity contribution in [2.45, 2.75) is 25.5 Å². The normalized spacial score (nSPS) is 31.1. The van der Waals surface area contributed by atoms with Gasteiger partial charge in [0, 0.05) is 29.9 Å². The van der Waals surface area contributed by atoms with Gasteiger partial charge in [0.15, 0.2) is 11.6 Å². The van der Waals surface area contributed by atoms with E-state index in [2.05, 4.69) is 19.1 Å². The molecule has 1 saturated heterocycles. The van der Waals surface area contributed by atoms with Crippen LogP contribution in [0.3, 0.4) is 0 Å². The molecule has 7 rings (SSSR count). The lowest BCUT2D eigenvalue weighted by Gasteiger charge is -2.30. The highest BCUT2D eigenvalue weighted by atomic mass is 32.1. The Balaban J connectivity index is 1.45. The number of hydrogen-bond acceptors (Lipinski definition) is 7. The van der Waals surface area contributed by atoms with Gasteiger partial charge in [-0.25, -0.2) is 9.18 Å². The SMILES string of the molecule is CC12C=CC(N)(C1)C1CN(c3c(F)cc4c(=O)c(OC(=O)O)c5scc6n5c4c3OC6)CC12. The number of rotatable bonds is 2. The fourth-order valence-electron chi connectivity index (χ4n) is 6.67. The number of carboxylic acid groups (broad SMARTS) is 1. The number of anilines is 1. The number of pyridine rings is 1. The Labute approximate surface area is 190 Å². The molecule has 3 N–H and O–H groups in total. The molecule has 0 amide bonds. The van der Waals surface area contributed by atoms with Gasteiger partial charge in [-0.2, -0.15) is 0 Å². The maximum Gasteiger partial charge on any atom is 0.511 e. The van der Waals surface area contributed by atoms with E-state index in [0.717, 1.165) is 12.1 Å². The summed E-state index contributed by atoms with van der Waals surface area (Å²) in [4.78, 5) is 26.7. The van der Waals surface area contributed by atoms with Gasteiger partial charge < -0.3 is 25.2 Å². The minimum absolute atomic E-state index is 0.00656. The van der Waals surface area contributed by atoms with Crippen LogP contribution in [-0.4, -0.2) is 34.3 Å². The molecule has 33 heavy (non-hydrogen) atoms. The Hall–Kier alpha value is -3.11. The summed E-state index contributed by atoms with van der Waals surface area (Å²) in [7, 11) is 0. The molecule has 2 aliphatic heterocycles. The van der Waals surface area contributed by atoms with E-state index in [-0.39, 0.29) is 34.6 Å². The van der Waals surface area contributed by atoms with Crippen molar-refractivity contribution in [1.82, 2.24) is 4.40 Å². The minimum atomic E-state index is -1.59. The van der Waals surface area contributed by atoms with E-state index < -0.39 is 17.4 Å². The van der Waals surface area contributed by atoms with Crippen LogP contribution in [0.25, 0.3) is 15.7 Å². The van der Waals surface area contributed by atoms with Gasteiger partial charge in [0.25, 0.3) is 0 Å². The summed E-state index contributed by atoms with van der Waals surface area (Å²) >= 11 is 1.20. The maximum atomic E-state index is 15.6. The fourth-order valence-corrected chi connectivity index (χ4v) is 7.64. The van der Waals surface area contributed by atoms with Crippen molar-refractivity contribution in [2.24, 2.45) is 23.0 Å². The molecule has 4 unspecified atom stereocenters. The Morgan fingerprint density at radius 3 is 2.91 bits per heavy atom. The molecule has 2 bridgehead atoms. The van der Waals surface area contributed by atoms with Gasteiger partial charge in [-0.05, 0) is 23.8 Å². The average molecular weight is 469 g/mol. The highest BCUT2D eigenvalue weighted by Gasteiger charge is 2.62. The standard InChI is InChI=1S/C23H20FN3O5S/c1-22-2-3-23(25,9-22)13-6-26(5-12(13)22)16-14(24)4-11-15-18(16)31-7-10-8-33-20(27(10)15)19(17(11)28)32-21(29)30/h2-4,8,12-13H,5-7,9,25H2,1H3,(H,29,30). The van der Waals surface area contributed by atoms with Crippen LogP contribution in [0, 0.1) is 23.1 Å². The predicted octanol–water partition coefficient (Wildman–Crippen LogP) is 3.33. The first-order chi connectivity index (χ1) is 15.7. The smallest absolute Gasteiger partial charge is 0.483 e. The molecule has 3 aromatic rings. The third kappa shape index (κ3) is 2.27. The summed E-state index contributed by atoms with van der Waals surface area (Å²) in [6.45, 7) is 3.65. The molecule has 4 aliphatic rings. The largest absolute Gasteiger partial charge is 0.511 e. The Kier molecular flexibility index (Phi) is 3.44. The average Bonchev–Trinajstić information content (AvgIpc) is 3.49. The van der Waals surface area contributed by atoms with Gasteiger partial charge in [-0.3, -0.25) is 9.20 Å². The van der Waals surface area contributed by atoms with E-state index in [1.165, 1.54) is 17.4 Å². The first-order valence-corrected chi connectivity index (χ1v) is 11.7. The van der Waals surface area contributed by atoms with Crippen molar-refractivity contribution in [3.63, 3.8) is 0 Å². The zero-order chi connectivity index (χ0) is 22.9. The number of halogens is 1. The quantitative estimate of drug-likeness (QED) is 0.438. The number of thiazole rings is 1. The van der Waals surface area contributed by atoms with Crippen LogP contribution in [-0.2, 0) is 6.61 Å². The molecular weight excluding hydrogens is 449 g/mol. The van der Waals surface area contributed by atoms with Gasteiger partial charge in [0.2, 0.25) is 11.2 Å². The lowest BCUT2D eigenvalue weighted by Crippen LogP contribution is -2.43. The molecule has 10 heteroatoms. The summed E-state index contributed by atoms with van der Waals surface area (Å²) in [5.41, 5.74) is 7.17. The Morgan fingerprint density at radius 1 is 1.36 bits per heavy atom. The molecule has 2 aromatic heterocycles. The van der Waals surface area contributed by atoms with Crippen molar-refractivity contribution in [3.05, 3.63) is 45.3 Å². The highest BCUT2D eigenvalue weighted by Crippen LogP contribution is 2.61. The van der Waals surface area contributed by atoms with E-state index in [1.807, 2.05) is 4.90 Å². The fraction of sp³-hybridized carbons (Fsp3) is 0.391. The summed E-state index contributed by atoms with van der Waals surface area (Å²) in [5, 5.41) is 10.9. The van der Waals surface area contributed by atoms with E-state index in [4.69, 9.17) is 20.3 Å². The third-order valence-corrected chi connectivity index (χ3v) is 9.02. The Bertz CT molecular complexity index is 1490. The third-order valence-electron chi connectivity index (χ3n) is 8.04. The number of allylic oxidation sites excluding steroid dienone is 1. The summed E-state index contributed by atoms with van der Waals surface area (Å²) in [5.74, 6) is -0.0663. The zero-order valence-electron chi connectivity index (χ0n) is 17.6. The van der Waals surface area contributed by atoms with Crippen molar-refractivity contribution in [2.75, 3.05) is 18.0 Å². The number of hydrogen-bond donors (Lipinski definition) is 2. The second-order valence-electron chi connectivity index (χ2n) is 9.86. The van der Waals surface area contributed by atoms with Gasteiger partial charge in [-0.15, -0.1) is 11.3 Å². The first-order valence-electron chi connectivity index (χ1n) is 10.8. The lowest BCUT2D eigenvalue weighted by molar-refractivity contribution is 0.144. The second-order valence-corrected chi connectivity index (χ2v) is 10.7. The number of fused-ring (bicyclic) bond motifs is 5. The summed E-state index contributed by atoms with van der Waals surface area (Å²) < 4.78 is 28.3. The van der Waals surface area contributed by atoms with E-state index in [0.29, 0.717) is 40.8 Å². The number of ether oxygens (including phenoxy) is 2. The Morgan fingerprint density at radius 2 is 2.15 bits per heavy atom. The minimum Gasteiger partial charge on any atom is -0.483 e. The van der Waals surface area contributed by atoms with Crippen molar-refractivity contribution >= 4 is 38.9 Å². The van der Waals surface area contributed by atoms with Crippen LogP contribution in [0.15, 0.2) is 28.4 Å². The van der Waals surface area contributed by atoms with Crippen LogP contribution in [0.2, 0.25) is 0 Å². The van der Waals surface area contributed by atoms with Crippen LogP contribution >= 0.6 is 11.3 Å². The summed E-state index contributed by atoms with van der Waals surface area (Å²) in [6, 6.07) is 1.18. The molecule has 1 aromatic carbocycles. The number of nitrogens with two attached hydrogens (primary N) is 1. The molecule has 8 nitrogen and oxygen atoms in total. The molecule has 2 fully saturated rings. The van der Waals surface area contributed by atoms with E-state index in [9.17, 15) is 9.59 Å². The van der Waals surface area contributed by atoms with Crippen LogP contribution < -0.4 is 25.5 Å². The zero-order valence-corrected chi connectivity index (χ0v) is 18.4. The molecule has 0 spiro atoms. The highest BCUT2D eigenvalue weighted by molar-refractivity contribution is 7.16. The van der Waals surface area contributed by atoms with Crippen molar-refractivity contribution in [1.29, 1.82) is 0 Å². The molecule has 4 atom stereocenters. The maximum absolute atomic E-state index is 15.6. The van der Waals surface area contributed by atoms with Gasteiger partial charge in [0.05, 0.1) is 11.1 Å². The van der Waals surface area contributed by atoms with E-state index >= 15 is 4.39 Å². The predicted molar refractivity (Wildman–Crippen MR) is 120 cm³/mol. The molecule has 170 valence electrons. The summed E-state index contributed by atoms with van der Waals surface area (Å²) in [6.07, 6.45) is 3.64. The van der Waals surface area contributed by atoms with Crippen LogP contribution in [0.1, 0.15) is 19.0 Å². The second kappa shape index (κ2) is 5.87. The monoisotopic (exact) mass is 469 g/mol. The van der Waals surface area contributed by atoms with E-state index in [1.54, 1.807) is 9.78 Å².